The van der Waals surface area contributed by atoms with Gasteiger partial charge in [0.2, 0.25) is 5.91 Å². The molecule has 0 spiro atoms. The summed E-state index contributed by atoms with van der Waals surface area (Å²) in [5, 5.41) is 3.13. The molecule has 0 N–H and O–H groups in total. The summed E-state index contributed by atoms with van der Waals surface area (Å²) in [6.07, 6.45) is 2.20. The second-order valence-electron chi connectivity index (χ2n) is 7.69. The van der Waals surface area contributed by atoms with Gasteiger partial charge < -0.3 is 9.64 Å². The van der Waals surface area contributed by atoms with Crippen LogP contribution in [0.2, 0.25) is 0 Å². The van der Waals surface area contributed by atoms with Crippen LogP contribution < -0.4 is 0 Å². The van der Waals surface area contributed by atoms with E-state index in [9.17, 15) is 4.79 Å². The van der Waals surface area contributed by atoms with Gasteiger partial charge in [0.15, 0.2) is 0 Å². The van der Waals surface area contributed by atoms with Crippen molar-refractivity contribution >= 4 is 17.2 Å². The van der Waals surface area contributed by atoms with E-state index in [1.54, 1.807) is 11.3 Å². The van der Waals surface area contributed by atoms with Gasteiger partial charge in [-0.25, -0.2) is 4.98 Å². The van der Waals surface area contributed by atoms with Gasteiger partial charge >= 0.3 is 0 Å². The van der Waals surface area contributed by atoms with Crippen LogP contribution in [0.5, 0.6) is 0 Å². The number of carbonyl (C=O) groups excluding carboxylic acids is 1. The summed E-state index contributed by atoms with van der Waals surface area (Å²) in [6.45, 7) is 8.54. The van der Waals surface area contributed by atoms with Crippen molar-refractivity contribution in [3.8, 4) is 0 Å². The molecule has 114 valence electrons. The summed E-state index contributed by atoms with van der Waals surface area (Å²) in [6, 6.07) is 0. The Labute approximate surface area is 129 Å². The van der Waals surface area contributed by atoms with Gasteiger partial charge in [0.05, 0.1) is 24.3 Å². The molecule has 5 heteroatoms. The van der Waals surface area contributed by atoms with Crippen molar-refractivity contribution in [2.75, 3.05) is 19.7 Å². The zero-order valence-electron chi connectivity index (χ0n) is 12.9. The standard InChI is InChI=1S/C16H22N2O2S/c1-15(2,3)12-9-21-13(17-12)11-8-18(4-5-20-11)14(19)16-6-10(16)7-16/h9-11H,4-8H2,1-3H3. The second-order valence-corrected chi connectivity index (χ2v) is 8.58. The third-order valence-corrected chi connectivity index (χ3v) is 5.96. The van der Waals surface area contributed by atoms with Gasteiger partial charge in [-0.15, -0.1) is 11.3 Å². The number of morpholine rings is 1. The van der Waals surface area contributed by atoms with Crippen LogP contribution in [0.4, 0.5) is 0 Å². The number of carbonyl (C=O) groups is 1. The molecule has 2 aliphatic carbocycles. The fourth-order valence-electron chi connectivity index (χ4n) is 3.13. The lowest BCUT2D eigenvalue weighted by molar-refractivity contribution is -0.142. The van der Waals surface area contributed by atoms with E-state index >= 15 is 0 Å². The number of fused-ring (bicyclic) bond motifs is 1. The molecule has 0 bridgehead atoms. The van der Waals surface area contributed by atoms with Crippen LogP contribution in [0, 0.1) is 11.3 Å². The zero-order valence-corrected chi connectivity index (χ0v) is 13.7. The van der Waals surface area contributed by atoms with Crippen molar-refractivity contribution in [1.82, 2.24) is 9.88 Å². The van der Waals surface area contributed by atoms with Crippen molar-refractivity contribution in [3.05, 3.63) is 16.1 Å². The summed E-state index contributed by atoms with van der Waals surface area (Å²) < 4.78 is 5.87. The number of aromatic nitrogens is 1. The molecule has 21 heavy (non-hydrogen) atoms. The maximum atomic E-state index is 12.5. The van der Waals surface area contributed by atoms with Gasteiger partial charge in [-0.1, -0.05) is 20.8 Å². The fraction of sp³-hybridized carbons (Fsp3) is 0.750. The zero-order chi connectivity index (χ0) is 14.8. The molecule has 4 rings (SSSR count). The molecule has 0 aromatic carbocycles. The van der Waals surface area contributed by atoms with Crippen molar-refractivity contribution in [2.45, 2.75) is 45.1 Å². The lowest BCUT2D eigenvalue weighted by Crippen LogP contribution is -2.44. The van der Waals surface area contributed by atoms with Crippen LogP contribution in [0.3, 0.4) is 0 Å². The number of amides is 1. The van der Waals surface area contributed by atoms with Crippen molar-refractivity contribution in [1.29, 1.82) is 0 Å². The Morgan fingerprint density at radius 1 is 1.48 bits per heavy atom. The summed E-state index contributed by atoms with van der Waals surface area (Å²) >= 11 is 1.66. The molecule has 1 amide bonds. The summed E-state index contributed by atoms with van der Waals surface area (Å²) in [4.78, 5) is 19.3. The molecule has 0 radical (unpaired) electrons. The molecule has 1 aromatic heterocycles. The first kappa shape index (κ1) is 13.7. The number of ether oxygens (including phenoxy) is 1. The van der Waals surface area contributed by atoms with E-state index in [4.69, 9.17) is 9.72 Å². The maximum absolute atomic E-state index is 12.5. The highest BCUT2D eigenvalue weighted by Crippen LogP contribution is 2.76. The normalized spacial score (nSPS) is 34.5. The molecule has 4 nitrogen and oxygen atoms in total. The van der Waals surface area contributed by atoms with Crippen LogP contribution in [-0.4, -0.2) is 35.5 Å². The van der Waals surface area contributed by atoms with E-state index in [2.05, 4.69) is 26.2 Å². The topological polar surface area (TPSA) is 42.4 Å². The average molecular weight is 306 g/mol. The minimum atomic E-state index is -0.0452. The number of nitrogens with zero attached hydrogens (tertiary/aromatic N) is 2. The van der Waals surface area contributed by atoms with E-state index in [0.717, 1.165) is 30.1 Å². The molecule has 2 saturated carbocycles. The lowest BCUT2D eigenvalue weighted by Gasteiger charge is -2.33. The van der Waals surface area contributed by atoms with E-state index in [1.807, 2.05) is 4.90 Å². The highest BCUT2D eigenvalue weighted by Gasteiger charge is 2.75. The molecular weight excluding hydrogens is 284 g/mol. The average Bonchev–Trinajstić information content (AvgIpc) is 3.22. The summed E-state index contributed by atoms with van der Waals surface area (Å²) in [5.74, 6) is 1.08. The molecule has 3 fully saturated rings. The maximum Gasteiger partial charge on any atom is 0.229 e. The fourth-order valence-corrected chi connectivity index (χ4v) is 4.21. The molecule has 1 saturated heterocycles. The van der Waals surface area contributed by atoms with Gasteiger partial charge in [-0.2, -0.15) is 0 Å². The van der Waals surface area contributed by atoms with Crippen LogP contribution >= 0.6 is 11.3 Å². The van der Waals surface area contributed by atoms with E-state index in [-0.39, 0.29) is 16.9 Å². The molecule has 2 heterocycles. The Hall–Kier alpha value is -0.940. The Kier molecular flexibility index (Phi) is 2.80. The number of rotatable bonds is 2. The highest BCUT2D eigenvalue weighted by atomic mass is 32.1. The van der Waals surface area contributed by atoms with Crippen LogP contribution in [-0.2, 0) is 14.9 Å². The summed E-state index contributed by atoms with van der Waals surface area (Å²) in [7, 11) is 0. The van der Waals surface area contributed by atoms with Crippen molar-refractivity contribution in [2.24, 2.45) is 11.3 Å². The molecule has 1 aromatic rings. The predicted octanol–water partition coefficient (Wildman–Crippen LogP) is 2.75. The molecular formula is C16H22N2O2S. The third kappa shape index (κ3) is 2.21. The van der Waals surface area contributed by atoms with E-state index < -0.39 is 0 Å². The Morgan fingerprint density at radius 3 is 2.76 bits per heavy atom. The van der Waals surface area contributed by atoms with Crippen LogP contribution in [0.15, 0.2) is 5.38 Å². The first-order valence-corrected chi connectivity index (χ1v) is 8.65. The smallest absolute Gasteiger partial charge is 0.229 e. The Bertz CT molecular complexity index is 583. The van der Waals surface area contributed by atoms with E-state index in [0.29, 0.717) is 25.0 Å². The summed E-state index contributed by atoms with van der Waals surface area (Å²) in [5.41, 5.74) is 1.24. The first-order chi connectivity index (χ1) is 9.90. The minimum Gasteiger partial charge on any atom is -0.367 e. The molecule has 1 unspecified atom stereocenters. The van der Waals surface area contributed by atoms with Gasteiger partial charge in [-0.05, 0) is 18.8 Å². The van der Waals surface area contributed by atoms with E-state index in [1.165, 1.54) is 0 Å². The Morgan fingerprint density at radius 2 is 2.19 bits per heavy atom. The monoisotopic (exact) mass is 306 g/mol. The largest absolute Gasteiger partial charge is 0.367 e. The van der Waals surface area contributed by atoms with Crippen LogP contribution in [0.25, 0.3) is 0 Å². The second kappa shape index (κ2) is 4.29. The SMILES string of the molecule is CC(C)(C)c1csc(C2CN(C(=O)C34CC3C4)CCO2)n1. The van der Waals surface area contributed by atoms with Gasteiger partial charge in [0, 0.05) is 17.3 Å². The molecule has 1 atom stereocenters. The minimum absolute atomic E-state index is 0.0452. The first-order valence-electron chi connectivity index (χ1n) is 7.77. The lowest BCUT2D eigenvalue weighted by atomic mass is 9.93. The molecule has 3 aliphatic rings. The highest BCUT2D eigenvalue weighted by molar-refractivity contribution is 7.09. The number of thiazole rings is 1. The van der Waals surface area contributed by atoms with Crippen molar-refractivity contribution < 1.29 is 9.53 Å². The number of hydrogen-bond acceptors (Lipinski definition) is 4. The third-order valence-electron chi connectivity index (χ3n) is 5.03. The predicted molar refractivity (Wildman–Crippen MR) is 81.2 cm³/mol. The Balaban J connectivity index is 1.47. The van der Waals surface area contributed by atoms with Gasteiger partial charge in [0.25, 0.3) is 0 Å². The molecule has 1 aliphatic heterocycles. The van der Waals surface area contributed by atoms with Gasteiger partial charge in [-0.3, -0.25) is 4.79 Å². The van der Waals surface area contributed by atoms with Gasteiger partial charge in [0.1, 0.15) is 11.1 Å². The number of hydrogen-bond donors (Lipinski definition) is 0. The quantitative estimate of drug-likeness (QED) is 0.844. The van der Waals surface area contributed by atoms with Crippen LogP contribution in [0.1, 0.15) is 50.4 Å². The van der Waals surface area contributed by atoms with Crippen molar-refractivity contribution in [3.63, 3.8) is 0 Å².